The summed E-state index contributed by atoms with van der Waals surface area (Å²) in [5.41, 5.74) is 0.942. The number of amides is 1. The number of alkyl halides is 3. The number of anilines is 1. The molecule has 0 bridgehead atoms. The molecule has 0 spiro atoms. The molecule has 1 N–H and O–H groups in total. The Kier molecular flexibility index (Phi) is 6.88. The number of hydrogen-bond donors (Lipinski definition) is 1. The normalized spacial score (nSPS) is 11.9. The molecular formula is C26H16Cl2F3N3O. The van der Waals surface area contributed by atoms with Gasteiger partial charge < -0.3 is 9.88 Å². The molecule has 0 aliphatic heterocycles. The van der Waals surface area contributed by atoms with Crippen LogP contribution in [0.4, 0.5) is 18.9 Å². The highest BCUT2D eigenvalue weighted by atomic mass is 35.5. The van der Waals surface area contributed by atoms with Gasteiger partial charge in [0.1, 0.15) is 11.6 Å². The number of hydrogen-bond acceptors (Lipinski definition) is 2. The van der Waals surface area contributed by atoms with E-state index in [0.29, 0.717) is 17.1 Å². The second-order valence-corrected chi connectivity index (χ2v) is 8.52. The fourth-order valence-corrected chi connectivity index (χ4v) is 4.02. The molecule has 0 aliphatic rings. The number of para-hydroxylation sites is 1. The van der Waals surface area contributed by atoms with Gasteiger partial charge in [0.2, 0.25) is 0 Å². The first-order chi connectivity index (χ1) is 16.7. The summed E-state index contributed by atoms with van der Waals surface area (Å²) in [5.74, 6) is -0.875. The lowest BCUT2D eigenvalue weighted by Crippen LogP contribution is -2.15. The minimum Gasteiger partial charge on any atom is -0.342 e. The maximum absolute atomic E-state index is 13.0. The number of nitrogens with zero attached hydrogens (tertiary/aromatic N) is 2. The summed E-state index contributed by atoms with van der Waals surface area (Å²) in [7, 11) is 0. The fourth-order valence-electron chi connectivity index (χ4n) is 3.64. The molecule has 0 radical (unpaired) electrons. The standard InChI is InChI=1S/C26H16Cl2F3N3O/c27-20-5-3-4-16(10-20)14-34-15-18(21-6-1-2-7-24(21)34)11-17(13-32)25(35)33-23-12-19(26(29,30)31)8-9-22(23)28/h1-12,15H,14H2,(H,33,35)/b17-11+. The van der Waals surface area contributed by atoms with Crippen molar-refractivity contribution in [2.75, 3.05) is 5.32 Å². The molecule has 4 rings (SSSR count). The number of aromatic nitrogens is 1. The Hall–Kier alpha value is -3.73. The van der Waals surface area contributed by atoms with Gasteiger partial charge in [0.05, 0.1) is 16.3 Å². The lowest BCUT2D eigenvalue weighted by Gasteiger charge is -2.11. The first-order valence-corrected chi connectivity index (χ1v) is 11.0. The molecule has 1 amide bonds. The van der Waals surface area contributed by atoms with Crippen molar-refractivity contribution in [1.29, 1.82) is 5.26 Å². The Morgan fingerprint density at radius 1 is 1.06 bits per heavy atom. The molecule has 0 unspecified atom stereocenters. The van der Waals surface area contributed by atoms with Crippen molar-refractivity contribution < 1.29 is 18.0 Å². The van der Waals surface area contributed by atoms with E-state index in [1.165, 1.54) is 6.08 Å². The lowest BCUT2D eigenvalue weighted by atomic mass is 10.1. The smallest absolute Gasteiger partial charge is 0.342 e. The van der Waals surface area contributed by atoms with Crippen LogP contribution in [0.2, 0.25) is 10.0 Å². The van der Waals surface area contributed by atoms with E-state index < -0.39 is 17.6 Å². The van der Waals surface area contributed by atoms with Crippen LogP contribution >= 0.6 is 23.2 Å². The highest BCUT2D eigenvalue weighted by Crippen LogP contribution is 2.34. The molecule has 1 aromatic heterocycles. The third-order valence-electron chi connectivity index (χ3n) is 5.27. The molecule has 4 nitrogen and oxygen atoms in total. The Bertz CT molecular complexity index is 1500. The van der Waals surface area contributed by atoms with Crippen molar-refractivity contribution in [2.24, 2.45) is 0 Å². The van der Waals surface area contributed by atoms with Gasteiger partial charge in [-0.05, 0) is 48.0 Å². The van der Waals surface area contributed by atoms with Crippen LogP contribution in [0, 0.1) is 11.3 Å². The van der Waals surface area contributed by atoms with Crippen LogP contribution < -0.4 is 5.32 Å². The summed E-state index contributed by atoms with van der Waals surface area (Å²) in [5, 5.41) is 13.3. The molecule has 35 heavy (non-hydrogen) atoms. The van der Waals surface area contributed by atoms with E-state index in [1.54, 1.807) is 12.3 Å². The lowest BCUT2D eigenvalue weighted by molar-refractivity contribution is -0.137. The van der Waals surface area contributed by atoms with Gasteiger partial charge in [-0.1, -0.05) is 53.5 Å². The molecule has 0 saturated carbocycles. The van der Waals surface area contributed by atoms with Crippen molar-refractivity contribution in [3.8, 4) is 6.07 Å². The van der Waals surface area contributed by atoms with E-state index in [0.717, 1.165) is 34.7 Å². The zero-order valence-electron chi connectivity index (χ0n) is 17.9. The molecule has 0 fully saturated rings. The van der Waals surface area contributed by atoms with Gasteiger partial charge in [0.25, 0.3) is 5.91 Å². The van der Waals surface area contributed by atoms with Gasteiger partial charge in [-0.3, -0.25) is 4.79 Å². The Morgan fingerprint density at radius 2 is 1.83 bits per heavy atom. The van der Waals surface area contributed by atoms with E-state index >= 15 is 0 Å². The number of rotatable bonds is 5. The van der Waals surface area contributed by atoms with Crippen molar-refractivity contribution >= 4 is 51.8 Å². The van der Waals surface area contributed by atoms with Crippen molar-refractivity contribution in [3.05, 3.63) is 105 Å². The second kappa shape index (κ2) is 9.87. The number of halogens is 5. The highest BCUT2D eigenvalue weighted by molar-refractivity contribution is 6.34. The van der Waals surface area contributed by atoms with Crippen LogP contribution in [0.15, 0.2) is 78.5 Å². The summed E-state index contributed by atoms with van der Waals surface area (Å²) in [6, 6.07) is 19.3. The fraction of sp³-hybridized carbons (Fsp3) is 0.0769. The molecule has 0 saturated heterocycles. The van der Waals surface area contributed by atoms with Crippen molar-refractivity contribution in [1.82, 2.24) is 4.57 Å². The van der Waals surface area contributed by atoms with E-state index in [-0.39, 0.29) is 16.3 Å². The van der Waals surface area contributed by atoms with Crippen LogP contribution in [0.5, 0.6) is 0 Å². The molecule has 1 heterocycles. The van der Waals surface area contributed by atoms with Gasteiger partial charge in [-0.25, -0.2) is 0 Å². The van der Waals surface area contributed by atoms with Crippen LogP contribution in [0.3, 0.4) is 0 Å². The molecule has 9 heteroatoms. The van der Waals surface area contributed by atoms with E-state index in [9.17, 15) is 23.2 Å². The third kappa shape index (κ3) is 5.51. The van der Waals surface area contributed by atoms with Gasteiger partial charge in [0.15, 0.2) is 0 Å². The molecular weight excluding hydrogens is 498 g/mol. The van der Waals surface area contributed by atoms with Gasteiger partial charge in [-0.15, -0.1) is 0 Å². The number of nitriles is 1. The van der Waals surface area contributed by atoms with E-state index in [1.807, 2.05) is 53.1 Å². The SMILES string of the molecule is N#C/C(=C\c1cn(Cc2cccc(Cl)c2)c2ccccc12)C(=O)Nc1cc(C(F)(F)F)ccc1Cl. The molecule has 4 aromatic rings. The number of benzene rings is 3. The summed E-state index contributed by atoms with van der Waals surface area (Å²) in [4.78, 5) is 12.8. The first kappa shape index (κ1) is 24.4. The van der Waals surface area contributed by atoms with Crippen LogP contribution in [0.1, 0.15) is 16.7 Å². The van der Waals surface area contributed by atoms with E-state index in [2.05, 4.69) is 5.32 Å². The maximum Gasteiger partial charge on any atom is 0.416 e. The predicted octanol–water partition coefficient (Wildman–Crippen LogP) is 7.56. The Balaban J connectivity index is 1.68. The zero-order valence-corrected chi connectivity index (χ0v) is 19.4. The largest absolute Gasteiger partial charge is 0.416 e. The second-order valence-electron chi connectivity index (χ2n) is 7.68. The van der Waals surface area contributed by atoms with E-state index in [4.69, 9.17) is 23.2 Å². The van der Waals surface area contributed by atoms with Crippen LogP contribution in [-0.4, -0.2) is 10.5 Å². The Labute approximate surface area is 208 Å². The van der Waals surface area contributed by atoms with Crippen LogP contribution in [-0.2, 0) is 17.5 Å². The number of fused-ring (bicyclic) bond motifs is 1. The van der Waals surface area contributed by atoms with Gasteiger partial charge in [0, 0.05) is 34.2 Å². The first-order valence-electron chi connectivity index (χ1n) is 10.3. The average Bonchev–Trinajstić information content (AvgIpc) is 3.15. The molecule has 0 aliphatic carbocycles. The summed E-state index contributed by atoms with van der Waals surface area (Å²) >= 11 is 12.1. The predicted molar refractivity (Wildman–Crippen MR) is 131 cm³/mol. The zero-order chi connectivity index (χ0) is 25.2. The number of carbonyl (C=O) groups excluding carboxylic acids is 1. The minimum absolute atomic E-state index is 0.0817. The number of carbonyl (C=O) groups is 1. The molecule has 0 atom stereocenters. The average molecular weight is 514 g/mol. The highest BCUT2D eigenvalue weighted by Gasteiger charge is 2.31. The molecule has 3 aromatic carbocycles. The topological polar surface area (TPSA) is 57.8 Å². The maximum atomic E-state index is 13.0. The quantitative estimate of drug-likeness (QED) is 0.221. The summed E-state index contributed by atoms with van der Waals surface area (Å²) in [6.45, 7) is 0.503. The van der Waals surface area contributed by atoms with Gasteiger partial charge in [-0.2, -0.15) is 18.4 Å². The summed E-state index contributed by atoms with van der Waals surface area (Å²) in [6.07, 6.45) is -1.41. The van der Waals surface area contributed by atoms with Crippen LogP contribution in [0.25, 0.3) is 17.0 Å². The Morgan fingerprint density at radius 3 is 2.54 bits per heavy atom. The third-order valence-corrected chi connectivity index (χ3v) is 5.83. The van der Waals surface area contributed by atoms with Crippen molar-refractivity contribution in [3.63, 3.8) is 0 Å². The van der Waals surface area contributed by atoms with Gasteiger partial charge >= 0.3 is 6.18 Å². The number of nitrogens with one attached hydrogen (secondary N) is 1. The monoisotopic (exact) mass is 513 g/mol. The summed E-state index contributed by atoms with van der Waals surface area (Å²) < 4.78 is 41.1. The molecule has 176 valence electrons. The van der Waals surface area contributed by atoms with Crippen molar-refractivity contribution in [2.45, 2.75) is 12.7 Å². The minimum atomic E-state index is -4.61.